The molecule has 0 atom stereocenters. The lowest BCUT2D eigenvalue weighted by atomic mass is 10.2. The van der Waals surface area contributed by atoms with Crippen molar-refractivity contribution < 1.29 is 14.3 Å². The van der Waals surface area contributed by atoms with E-state index >= 15 is 0 Å². The van der Waals surface area contributed by atoms with Gasteiger partial charge in [-0.05, 0) is 48.5 Å². The van der Waals surface area contributed by atoms with Crippen molar-refractivity contribution in [2.45, 2.75) is 0 Å². The van der Waals surface area contributed by atoms with Crippen LogP contribution in [0.1, 0.15) is 10.6 Å². The van der Waals surface area contributed by atoms with Gasteiger partial charge in [-0.1, -0.05) is 23.7 Å². The second-order valence-electron chi connectivity index (χ2n) is 4.64. The highest BCUT2D eigenvalue weighted by Crippen LogP contribution is 2.29. The molecule has 110 valence electrons. The summed E-state index contributed by atoms with van der Waals surface area (Å²) in [4.78, 5) is 12.1. The minimum absolute atomic E-state index is 0.136. The van der Waals surface area contributed by atoms with E-state index in [1.54, 1.807) is 30.3 Å². The largest absolute Gasteiger partial charge is 0.508 e. The predicted molar refractivity (Wildman–Crippen MR) is 85.2 cm³/mol. The van der Waals surface area contributed by atoms with E-state index in [2.05, 4.69) is 5.32 Å². The van der Waals surface area contributed by atoms with Crippen molar-refractivity contribution in [1.82, 2.24) is 0 Å². The average molecular weight is 314 g/mol. The first-order valence-electron chi connectivity index (χ1n) is 6.58. The molecule has 0 radical (unpaired) electrons. The summed E-state index contributed by atoms with van der Waals surface area (Å²) in [7, 11) is 0. The van der Waals surface area contributed by atoms with Gasteiger partial charge in [-0.3, -0.25) is 4.79 Å². The number of rotatable bonds is 3. The van der Waals surface area contributed by atoms with Crippen LogP contribution < -0.4 is 5.32 Å². The summed E-state index contributed by atoms with van der Waals surface area (Å²) in [6.45, 7) is 0. The molecule has 1 amide bonds. The van der Waals surface area contributed by atoms with Crippen molar-refractivity contribution in [2.24, 2.45) is 0 Å². The number of aromatic hydroxyl groups is 1. The summed E-state index contributed by atoms with van der Waals surface area (Å²) >= 11 is 6.11. The molecule has 0 fully saturated rings. The number of amides is 1. The predicted octanol–water partition coefficient (Wildman–Crippen LogP) is 4.56. The second-order valence-corrected chi connectivity index (χ2v) is 5.05. The molecule has 22 heavy (non-hydrogen) atoms. The molecule has 0 bridgehead atoms. The number of phenolic OH excluding ortho intramolecular Hbond substituents is 1. The van der Waals surface area contributed by atoms with Gasteiger partial charge in [0.25, 0.3) is 5.91 Å². The van der Waals surface area contributed by atoms with Crippen LogP contribution in [0.15, 0.2) is 65.1 Å². The van der Waals surface area contributed by atoms with Gasteiger partial charge in [-0.15, -0.1) is 0 Å². The lowest BCUT2D eigenvalue weighted by molar-refractivity contribution is 0.0997. The van der Waals surface area contributed by atoms with Gasteiger partial charge < -0.3 is 14.8 Å². The van der Waals surface area contributed by atoms with E-state index < -0.39 is 0 Å². The number of halogens is 1. The fourth-order valence-corrected chi connectivity index (χ4v) is 2.23. The number of carbonyl (C=O) groups excluding carboxylic acids is 1. The van der Waals surface area contributed by atoms with E-state index in [9.17, 15) is 9.90 Å². The Hall–Kier alpha value is -2.72. The molecule has 4 nitrogen and oxygen atoms in total. The van der Waals surface area contributed by atoms with Crippen molar-refractivity contribution in [3.8, 4) is 17.1 Å². The second kappa shape index (κ2) is 5.95. The molecule has 0 spiro atoms. The van der Waals surface area contributed by atoms with E-state index in [0.29, 0.717) is 16.5 Å². The number of furan rings is 1. The van der Waals surface area contributed by atoms with E-state index in [4.69, 9.17) is 16.0 Å². The molecule has 3 rings (SSSR count). The third-order valence-electron chi connectivity index (χ3n) is 3.09. The minimum atomic E-state index is -0.371. The first-order valence-corrected chi connectivity index (χ1v) is 6.96. The Morgan fingerprint density at radius 2 is 1.73 bits per heavy atom. The first kappa shape index (κ1) is 14.2. The number of benzene rings is 2. The van der Waals surface area contributed by atoms with Crippen molar-refractivity contribution in [3.05, 3.63) is 71.4 Å². The van der Waals surface area contributed by atoms with Gasteiger partial charge in [0.05, 0.1) is 5.02 Å². The molecular formula is C17H12ClNO3. The van der Waals surface area contributed by atoms with Crippen molar-refractivity contribution in [3.63, 3.8) is 0 Å². The first-order chi connectivity index (χ1) is 10.6. The Morgan fingerprint density at radius 3 is 2.45 bits per heavy atom. The lowest BCUT2D eigenvalue weighted by Crippen LogP contribution is -2.10. The molecular weight excluding hydrogens is 302 g/mol. The fourth-order valence-electron chi connectivity index (χ4n) is 2.00. The van der Waals surface area contributed by atoms with Gasteiger partial charge in [0.15, 0.2) is 5.76 Å². The van der Waals surface area contributed by atoms with Crippen LogP contribution in [-0.2, 0) is 0 Å². The van der Waals surface area contributed by atoms with Gasteiger partial charge in [0, 0.05) is 11.3 Å². The van der Waals surface area contributed by atoms with Gasteiger partial charge in [-0.25, -0.2) is 0 Å². The zero-order chi connectivity index (χ0) is 15.5. The highest BCUT2D eigenvalue weighted by Gasteiger charge is 2.13. The number of nitrogens with one attached hydrogen (secondary N) is 1. The van der Waals surface area contributed by atoms with Crippen LogP contribution in [-0.4, -0.2) is 11.0 Å². The lowest BCUT2D eigenvalue weighted by Gasteiger charge is -2.03. The molecule has 2 aromatic carbocycles. The Morgan fingerprint density at radius 1 is 1.00 bits per heavy atom. The van der Waals surface area contributed by atoms with Gasteiger partial charge in [0.1, 0.15) is 11.5 Å². The van der Waals surface area contributed by atoms with E-state index in [1.165, 1.54) is 12.1 Å². The molecule has 2 N–H and O–H groups in total. The van der Waals surface area contributed by atoms with Crippen molar-refractivity contribution in [1.29, 1.82) is 0 Å². The third kappa shape index (κ3) is 2.97. The molecule has 3 aromatic rings. The number of carbonyl (C=O) groups is 1. The third-order valence-corrected chi connectivity index (χ3v) is 3.42. The maximum atomic E-state index is 12.1. The zero-order valence-electron chi connectivity index (χ0n) is 11.4. The normalized spacial score (nSPS) is 10.4. The maximum Gasteiger partial charge on any atom is 0.291 e. The molecule has 0 aliphatic rings. The topological polar surface area (TPSA) is 62.5 Å². The molecule has 1 heterocycles. The average Bonchev–Trinajstić information content (AvgIpc) is 3.00. The number of anilines is 1. The molecule has 0 unspecified atom stereocenters. The molecule has 5 heteroatoms. The van der Waals surface area contributed by atoms with Crippen molar-refractivity contribution in [2.75, 3.05) is 5.32 Å². The molecule has 1 aromatic heterocycles. The summed E-state index contributed by atoms with van der Waals surface area (Å²) in [5, 5.41) is 12.5. The van der Waals surface area contributed by atoms with Gasteiger partial charge >= 0.3 is 0 Å². The summed E-state index contributed by atoms with van der Waals surface area (Å²) in [6.07, 6.45) is 0. The Balaban J connectivity index is 1.80. The monoisotopic (exact) mass is 313 g/mol. The summed E-state index contributed by atoms with van der Waals surface area (Å²) in [6, 6.07) is 16.7. The number of hydrogen-bond acceptors (Lipinski definition) is 3. The van der Waals surface area contributed by atoms with Crippen LogP contribution in [0.3, 0.4) is 0 Å². The number of hydrogen-bond donors (Lipinski definition) is 2. The summed E-state index contributed by atoms with van der Waals surface area (Å²) in [5.41, 5.74) is 1.30. The Bertz CT molecular complexity index is 809. The minimum Gasteiger partial charge on any atom is -0.508 e. The zero-order valence-corrected chi connectivity index (χ0v) is 12.2. The summed E-state index contributed by atoms with van der Waals surface area (Å²) in [5.74, 6) is 0.477. The van der Waals surface area contributed by atoms with Crippen LogP contribution in [0.4, 0.5) is 5.69 Å². The van der Waals surface area contributed by atoms with Crippen molar-refractivity contribution >= 4 is 23.2 Å². The van der Waals surface area contributed by atoms with Crippen LogP contribution in [0.2, 0.25) is 5.02 Å². The fraction of sp³-hybridized carbons (Fsp3) is 0. The molecule has 0 saturated carbocycles. The quantitative estimate of drug-likeness (QED) is 0.697. The van der Waals surface area contributed by atoms with Crippen LogP contribution in [0.5, 0.6) is 5.75 Å². The molecule has 0 aliphatic heterocycles. The smallest absolute Gasteiger partial charge is 0.291 e. The standard InChI is InChI=1S/C17H12ClNO3/c18-14-4-2-1-3-13(14)15-9-10-16(22-15)17(21)19-11-5-7-12(20)8-6-11/h1-10,20H,(H,19,21). The maximum absolute atomic E-state index is 12.1. The molecule has 0 aliphatic carbocycles. The van der Waals surface area contributed by atoms with Crippen LogP contribution >= 0.6 is 11.6 Å². The van der Waals surface area contributed by atoms with Crippen LogP contribution in [0, 0.1) is 0 Å². The van der Waals surface area contributed by atoms with E-state index in [-0.39, 0.29) is 17.4 Å². The number of phenols is 1. The molecule has 0 saturated heterocycles. The van der Waals surface area contributed by atoms with Gasteiger partial charge in [-0.2, -0.15) is 0 Å². The highest BCUT2D eigenvalue weighted by atomic mass is 35.5. The Kier molecular flexibility index (Phi) is 3.85. The SMILES string of the molecule is O=C(Nc1ccc(O)cc1)c1ccc(-c2ccccc2Cl)o1. The van der Waals surface area contributed by atoms with Gasteiger partial charge in [0.2, 0.25) is 0 Å². The Labute approximate surface area is 132 Å². The van der Waals surface area contributed by atoms with E-state index in [1.807, 2.05) is 18.2 Å². The highest BCUT2D eigenvalue weighted by molar-refractivity contribution is 6.33. The van der Waals surface area contributed by atoms with Crippen LogP contribution in [0.25, 0.3) is 11.3 Å². The van der Waals surface area contributed by atoms with E-state index in [0.717, 1.165) is 5.56 Å². The summed E-state index contributed by atoms with van der Waals surface area (Å²) < 4.78 is 5.56.